The molecule has 0 unspecified atom stereocenters. The molecule has 1 rings (SSSR count). The van der Waals surface area contributed by atoms with Crippen molar-refractivity contribution >= 4 is 17.6 Å². The highest BCUT2D eigenvalue weighted by Gasteiger charge is 2.13. The molecule has 0 aromatic carbocycles. The number of rotatable bonds is 4. The second-order valence-electron chi connectivity index (χ2n) is 5.35. The maximum absolute atomic E-state index is 11.6. The molecule has 5 heteroatoms. The van der Waals surface area contributed by atoms with Crippen LogP contribution in [-0.2, 0) is 4.79 Å². The summed E-state index contributed by atoms with van der Waals surface area (Å²) in [4.78, 5) is 25.9. The van der Waals surface area contributed by atoms with Gasteiger partial charge in [0.25, 0.3) is 0 Å². The van der Waals surface area contributed by atoms with Gasteiger partial charge in [0, 0.05) is 6.42 Å². The normalized spacial score (nSPS) is 11.1. The third-order valence-electron chi connectivity index (χ3n) is 2.37. The van der Waals surface area contributed by atoms with Crippen LogP contribution in [0, 0.1) is 5.41 Å². The monoisotopic (exact) mass is 250 g/mol. The van der Waals surface area contributed by atoms with Gasteiger partial charge in [-0.2, -0.15) is 0 Å². The van der Waals surface area contributed by atoms with Gasteiger partial charge >= 0.3 is 5.97 Å². The minimum atomic E-state index is -1.08. The van der Waals surface area contributed by atoms with Crippen molar-refractivity contribution in [1.29, 1.82) is 0 Å². The molecule has 0 bridgehead atoms. The Hall–Kier alpha value is -1.91. The highest BCUT2D eigenvalue weighted by atomic mass is 16.4. The Kier molecular flexibility index (Phi) is 4.42. The third kappa shape index (κ3) is 4.95. The van der Waals surface area contributed by atoms with Crippen LogP contribution in [0.2, 0.25) is 0 Å². The molecule has 0 spiro atoms. The summed E-state index contributed by atoms with van der Waals surface area (Å²) in [5.41, 5.74) is 0.588. The standard InChI is InChI=1S/C13H18N2O3/c1-13(2,3)7-6-11(16)15-9-4-5-10(12(17)18)14-8-9/h4-5,8H,6-7H2,1-3H3,(H,15,16)(H,17,18). The number of carboxylic acids is 1. The van der Waals surface area contributed by atoms with Crippen molar-refractivity contribution in [1.82, 2.24) is 4.98 Å². The number of nitrogens with zero attached hydrogens (tertiary/aromatic N) is 1. The lowest BCUT2D eigenvalue weighted by molar-refractivity contribution is -0.116. The second-order valence-corrected chi connectivity index (χ2v) is 5.35. The van der Waals surface area contributed by atoms with Crippen LogP contribution < -0.4 is 5.32 Å². The van der Waals surface area contributed by atoms with Crippen molar-refractivity contribution < 1.29 is 14.7 Å². The zero-order valence-electron chi connectivity index (χ0n) is 10.9. The topological polar surface area (TPSA) is 79.3 Å². The molecule has 0 atom stereocenters. The Morgan fingerprint density at radius 1 is 1.33 bits per heavy atom. The van der Waals surface area contributed by atoms with Crippen LogP contribution >= 0.6 is 0 Å². The Morgan fingerprint density at radius 2 is 2.00 bits per heavy atom. The number of carbonyl (C=O) groups excluding carboxylic acids is 1. The van der Waals surface area contributed by atoms with Crippen LogP contribution in [-0.4, -0.2) is 22.0 Å². The second kappa shape index (κ2) is 5.62. The Labute approximate surface area is 106 Å². The summed E-state index contributed by atoms with van der Waals surface area (Å²) in [5.74, 6) is -1.17. The van der Waals surface area contributed by atoms with Gasteiger partial charge in [0.2, 0.25) is 5.91 Å². The number of hydrogen-bond acceptors (Lipinski definition) is 3. The van der Waals surface area contributed by atoms with Gasteiger partial charge in [0.05, 0.1) is 11.9 Å². The number of carbonyl (C=O) groups is 2. The molecule has 0 saturated carbocycles. The van der Waals surface area contributed by atoms with E-state index in [-0.39, 0.29) is 17.0 Å². The summed E-state index contributed by atoms with van der Waals surface area (Å²) < 4.78 is 0. The summed E-state index contributed by atoms with van der Waals surface area (Å²) in [7, 11) is 0. The van der Waals surface area contributed by atoms with Gasteiger partial charge in [-0.25, -0.2) is 9.78 Å². The Balaban J connectivity index is 2.52. The molecule has 0 aliphatic rings. The van der Waals surface area contributed by atoms with E-state index in [0.29, 0.717) is 12.1 Å². The van der Waals surface area contributed by atoms with E-state index in [4.69, 9.17) is 5.11 Å². The number of hydrogen-bond donors (Lipinski definition) is 2. The first-order valence-corrected chi connectivity index (χ1v) is 5.77. The summed E-state index contributed by atoms with van der Waals surface area (Å²) in [6, 6.07) is 2.90. The molecule has 98 valence electrons. The van der Waals surface area contributed by atoms with Gasteiger partial charge in [-0.1, -0.05) is 20.8 Å². The third-order valence-corrected chi connectivity index (χ3v) is 2.37. The minimum absolute atomic E-state index is 0.0392. The van der Waals surface area contributed by atoms with Crippen molar-refractivity contribution in [2.24, 2.45) is 5.41 Å². The number of pyridine rings is 1. The maximum Gasteiger partial charge on any atom is 0.354 e. The average molecular weight is 250 g/mol. The molecule has 18 heavy (non-hydrogen) atoms. The van der Waals surface area contributed by atoms with Crippen molar-refractivity contribution in [2.75, 3.05) is 5.32 Å². The fourth-order valence-corrected chi connectivity index (χ4v) is 1.31. The van der Waals surface area contributed by atoms with Crippen molar-refractivity contribution in [3.63, 3.8) is 0 Å². The van der Waals surface area contributed by atoms with Crippen LogP contribution in [0.1, 0.15) is 44.1 Å². The van der Waals surface area contributed by atoms with Crippen molar-refractivity contribution in [3.8, 4) is 0 Å². The molecule has 1 amide bonds. The van der Waals surface area contributed by atoms with Gasteiger partial charge in [-0.3, -0.25) is 4.79 Å². The van der Waals surface area contributed by atoms with E-state index in [1.54, 1.807) is 0 Å². The van der Waals surface area contributed by atoms with E-state index < -0.39 is 5.97 Å². The van der Waals surface area contributed by atoms with E-state index in [1.807, 2.05) is 0 Å². The molecule has 1 aromatic rings. The fraction of sp³-hybridized carbons (Fsp3) is 0.462. The molecule has 0 aliphatic heterocycles. The van der Waals surface area contributed by atoms with Crippen LogP contribution in [0.4, 0.5) is 5.69 Å². The van der Waals surface area contributed by atoms with Gasteiger partial charge in [-0.05, 0) is 24.0 Å². The largest absolute Gasteiger partial charge is 0.477 e. The van der Waals surface area contributed by atoms with Crippen molar-refractivity contribution in [2.45, 2.75) is 33.6 Å². The zero-order valence-corrected chi connectivity index (χ0v) is 10.9. The lowest BCUT2D eigenvalue weighted by Gasteiger charge is -2.17. The van der Waals surface area contributed by atoms with Gasteiger partial charge < -0.3 is 10.4 Å². The molecule has 0 saturated heterocycles. The first-order chi connectivity index (χ1) is 8.28. The molecule has 1 aromatic heterocycles. The molecule has 0 fully saturated rings. The van der Waals surface area contributed by atoms with Crippen LogP contribution in [0.3, 0.4) is 0 Å². The first kappa shape index (κ1) is 14.2. The number of aromatic carboxylic acids is 1. The summed E-state index contributed by atoms with van der Waals surface area (Å²) in [6.45, 7) is 6.22. The molecule has 2 N–H and O–H groups in total. The average Bonchev–Trinajstić information content (AvgIpc) is 2.26. The zero-order chi connectivity index (χ0) is 13.8. The van der Waals surface area contributed by atoms with Gasteiger partial charge in [0.15, 0.2) is 0 Å². The van der Waals surface area contributed by atoms with Crippen LogP contribution in [0.25, 0.3) is 0 Å². The van der Waals surface area contributed by atoms with E-state index in [1.165, 1.54) is 18.3 Å². The fourth-order valence-electron chi connectivity index (χ4n) is 1.31. The number of anilines is 1. The smallest absolute Gasteiger partial charge is 0.354 e. The maximum atomic E-state index is 11.6. The summed E-state index contributed by atoms with van der Waals surface area (Å²) >= 11 is 0. The van der Waals surface area contributed by atoms with Gasteiger partial charge in [0.1, 0.15) is 5.69 Å². The summed E-state index contributed by atoms with van der Waals surface area (Å²) in [5, 5.41) is 11.4. The van der Waals surface area contributed by atoms with Crippen molar-refractivity contribution in [3.05, 3.63) is 24.0 Å². The van der Waals surface area contributed by atoms with Crippen LogP contribution in [0.5, 0.6) is 0 Å². The number of aromatic nitrogens is 1. The SMILES string of the molecule is CC(C)(C)CCC(=O)Nc1ccc(C(=O)O)nc1. The Bertz CT molecular complexity index is 433. The molecular formula is C13H18N2O3. The molecule has 0 aliphatic carbocycles. The molecule has 0 radical (unpaired) electrons. The minimum Gasteiger partial charge on any atom is -0.477 e. The summed E-state index contributed by atoms with van der Waals surface area (Å²) in [6.07, 6.45) is 2.57. The number of amides is 1. The van der Waals surface area contributed by atoms with Gasteiger partial charge in [-0.15, -0.1) is 0 Å². The molecule has 5 nitrogen and oxygen atoms in total. The highest BCUT2D eigenvalue weighted by Crippen LogP contribution is 2.20. The lowest BCUT2D eigenvalue weighted by atomic mass is 9.90. The number of carboxylic acid groups (broad SMARTS) is 1. The molecular weight excluding hydrogens is 232 g/mol. The van der Waals surface area contributed by atoms with E-state index in [9.17, 15) is 9.59 Å². The Morgan fingerprint density at radius 3 is 2.44 bits per heavy atom. The van der Waals surface area contributed by atoms with E-state index in [0.717, 1.165) is 6.42 Å². The first-order valence-electron chi connectivity index (χ1n) is 5.77. The van der Waals surface area contributed by atoms with E-state index >= 15 is 0 Å². The lowest BCUT2D eigenvalue weighted by Crippen LogP contribution is -2.15. The van der Waals surface area contributed by atoms with E-state index in [2.05, 4.69) is 31.1 Å². The highest BCUT2D eigenvalue weighted by molar-refractivity contribution is 5.91. The predicted molar refractivity (Wildman–Crippen MR) is 68.5 cm³/mol. The predicted octanol–water partition coefficient (Wildman–Crippen LogP) is 2.54. The number of nitrogens with one attached hydrogen (secondary N) is 1. The molecule has 1 heterocycles. The quantitative estimate of drug-likeness (QED) is 0.860. The van der Waals surface area contributed by atoms with Crippen LogP contribution in [0.15, 0.2) is 18.3 Å².